The van der Waals surface area contributed by atoms with E-state index in [-0.39, 0.29) is 0 Å². The third kappa shape index (κ3) is 3.97. The molecule has 1 aromatic rings. The van der Waals surface area contributed by atoms with Crippen LogP contribution in [0.2, 0.25) is 0 Å². The van der Waals surface area contributed by atoms with Gasteiger partial charge in [-0.3, -0.25) is 4.90 Å². The number of rotatable bonds is 3. The lowest BCUT2D eigenvalue weighted by molar-refractivity contribution is -0.148. The Bertz CT molecular complexity index is 463. The van der Waals surface area contributed by atoms with Crippen LogP contribution in [0, 0.1) is 0 Å². The minimum atomic E-state index is -4.08. The number of fused-ring (bicyclic) bond motifs is 1. The van der Waals surface area contributed by atoms with Gasteiger partial charge in [0.1, 0.15) is 5.82 Å². The van der Waals surface area contributed by atoms with Crippen molar-refractivity contribution in [3.63, 3.8) is 0 Å². The van der Waals surface area contributed by atoms with Gasteiger partial charge in [0.15, 0.2) is 0 Å². The molecule has 7 heteroatoms. The molecule has 0 spiro atoms. The summed E-state index contributed by atoms with van der Waals surface area (Å²) in [5.41, 5.74) is 0. The number of likely N-dealkylation sites (tertiary alicyclic amines) is 1. The molecule has 4 nitrogen and oxygen atoms in total. The smallest absolute Gasteiger partial charge is 0.333 e. The monoisotopic (exact) mass is 302 g/mol. The molecule has 3 heterocycles. The Labute approximate surface area is 122 Å². The van der Waals surface area contributed by atoms with Crippen LogP contribution < -0.4 is 5.32 Å². The molecule has 2 aliphatic heterocycles. The van der Waals surface area contributed by atoms with Gasteiger partial charge in [0.25, 0.3) is 0 Å². The second kappa shape index (κ2) is 5.96. The zero-order chi connectivity index (χ0) is 14.9. The van der Waals surface area contributed by atoms with Crippen molar-refractivity contribution in [2.45, 2.75) is 50.5 Å². The number of nitrogens with one attached hydrogen (secondary N) is 1. The number of halogens is 3. The van der Waals surface area contributed by atoms with Crippen molar-refractivity contribution >= 4 is 0 Å². The van der Waals surface area contributed by atoms with E-state index >= 15 is 0 Å². The summed E-state index contributed by atoms with van der Waals surface area (Å²) < 4.78 is 39.2. The van der Waals surface area contributed by atoms with E-state index in [0.29, 0.717) is 25.2 Å². The van der Waals surface area contributed by atoms with Crippen LogP contribution in [0.25, 0.3) is 0 Å². The molecule has 118 valence electrons. The number of imidazole rings is 1. The molecule has 0 bridgehead atoms. The lowest BCUT2D eigenvalue weighted by Gasteiger charge is -2.36. The number of aryl methyl sites for hydroxylation is 1. The maximum atomic E-state index is 12.4. The first-order chi connectivity index (χ1) is 9.99. The average Bonchev–Trinajstić information content (AvgIpc) is 2.87. The second-order valence-electron chi connectivity index (χ2n) is 6.06. The predicted molar refractivity (Wildman–Crippen MR) is 73.0 cm³/mol. The van der Waals surface area contributed by atoms with Crippen molar-refractivity contribution in [1.29, 1.82) is 0 Å². The highest BCUT2D eigenvalue weighted by molar-refractivity contribution is 4.98. The summed E-state index contributed by atoms with van der Waals surface area (Å²) in [6, 6.07) is 0.746. The maximum absolute atomic E-state index is 12.4. The highest BCUT2D eigenvalue weighted by Gasteiger charge is 2.33. The van der Waals surface area contributed by atoms with Gasteiger partial charge < -0.3 is 9.88 Å². The number of hydrogen-bond donors (Lipinski definition) is 1. The summed E-state index contributed by atoms with van der Waals surface area (Å²) in [4.78, 5) is 5.81. The van der Waals surface area contributed by atoms with Crippen molar-refractivity contribution in [1.82, 2.24) is 19.8 Å². The Morgan fingerprint density at radius 1 is 1.19 bits per heavy atom. The lowest BCUT2D eigenvalue weighted by atomic mass is 10.0. The van der Waals surface area contributed by atoms with Gasteiger partial charge in [0, 0.05) is 37.4 Å². The minimum Gasteiger partial charge on any atom is -0.333 e. The molecule has 3 rings (SSSR count). The molecule has 1 saturated heterocycles. The van der Waals surface area contributed by atoms with E-state index in [2.05, 4.69) is 14.9 Å². The van der Waals surface area contributed by atoms with Crippen molar-refractivity contribution in [2.24, 2.45) is 0 Å². The van der Waals surface area contributed by atoms with E-state index in [4.69, 9.17) is 0 Å². The topological polar surface area (TPSA) is 33.1 Å². The highest BCUT2D eigenvalue weighted by Crippen LogP contribution is 2.21. The molecule has 2 aliphatic rings. The van der Waals surface area contributed by atoms with Crippen LogP contribution in [-0.2, 0) is 13.0 Å². The van der Waals surface area contributed by atoms with Crippen LogP contribution >= 0.6 is 0 Å². The first-order valence-corrected chi connectivity index (χ1v) is 7.55. The van der Waals surface area contributed by atoms with E-state index in [1.807, 2.05) is 12.4 Å². The quantitative estimate of drug-likeness (QED) is 0.924. The van der Waals surface area contributed by atoms with Crippen molar-refractivity contribution in [3.8, 4) is 0 Å². The van der Waals surface area contributed by atoms with Crippen LogP contribution in [0.5, 0.6) is 0 Å². The number of alkyl halides is 3. The van der Waals surface area contributed by atoms with Gasteiger partial charge in [0.2, 0.25) is 0 Å². The number of nitrogens with zero attached hydrogens (tertiary/aromatic N) is 3. The largest absolute Gasteiger partial charge is 0.401 e. The Kier molecular flexibility index (Phi) is 4.21. The van der Waals surface area contributed by atoms with E-state index in [0.717, 1.165) is 38.1 Å². The summed E-state index contributed by atoms with van der Waals surface area (Å²) in [5, 5.41) is 3.62. The number of aromatic nitrogens is 2. The van der Waals surface area contributed by atoms with Gasteiger partial charge in [0.05, 0.1) is 6.54 Å². The third-order valence-corrected chi connectivity index (χ3v) is 4.40. The minimum absolute atomic E-state index is 0.338. The maximum Gasteiger partial charge on any atom is 0.401 e. The lowest BCUT2D eigenvalue weighted by Crippen LogP contribution is -2.49. The van der Waals surface area contributed by atoms with Crippen LogP contribution in [0.4, 0.5) is 13.2 Å². The average molecular weight is 302 g/mol. The molecule has 1 N–H and O–H groups in total. The molecule has 0 saturated carbocycles. The van der Waals surface area contributed by atoms with E-state index in [9.17, 15) is 13.2 Å². The summed E-state index contributed by atoms with van der Waals surface area (Å²) in [6.45, 7) is 1.19. The normalized spacial score (nSPS) is 25.0. The van der Waals surface area contributed by atoms with Gasteiger partial charge in [-0.1, -0.05) is 0 Å². The molecule has 1 atom stereocenters. The van der Waals surface area contributed by atoms with Crippen LogP contribution in [0.3, 0.4) is 0 Å². The van der Waals surface area contributed by atoms with E-state index in [1.54, 1.807) is 0 Å². The number of piperidine rings is 1. The Balaban J connectivity index is 1.44. The molecule has 0 aromatic carbocycles. The SMILES string of the molecule is FC(F)(F)CN1CCC(NC2CCc3nccn3C2)CC1. The molecule has 21 heavy (non-hydrogen) atoms. The van der Waals surface area contributed by atoms with Gasteiger partial charge in [-0.2, -0.15) is 13.2 Å². The van der Waals surface area contributed by atoms with E-state index in [1.165, 1.54) is 4.90 Å². The molecule has 0 aliphatic carbocycles. The molecular formula is C14H21F3N4. The number of hydrogen-bond acceptors (Lipinski definition) is 3. The standard InChI is InChI=1S/C14H21F3N4/c15-14(16,17)10-20-6-3-11(4-7-20)19-12-1-2-13-18-5-8-21(13)9-12/h5,8,11-12,19H,1-4,6-7,9-10H2. The Morgan fingerprint density at radius 3 is 2.67 bits per heavy atom. The highest BCUT2D eigenvalue weighted by atomic mass is 19.4. The zero-order valence-corrected chi connectivity index (χ0v) is 11.9. The van der Waals surface area contributed by atoms with Gasteiger partial charge in [-0.15, -0.1) is 0 Å². The Morgan fingerprint density at radius 2 is 1.95 bits per heavy atom. The van der Waals surface area contributed by atoms with Crippen LogP contribution in [0.1, 0.15) is 25.1 Å². The van der Waals surface area contributed by atoms with Crippen LogP contribution in [0.15, 0.2) is 12.4 Å². The fourth-order valence-corrected chi connectivity index (χ4v) is 3.35. The molecule has 1 fully saturated rings. The summed E-state index contributed by atoms with van der Waals surface area (Å²) in [6.07, 6.45) is 3.36. The fraction of sp³-hybridized carbons (Fsp3) is 0.786. The van der Waals surface area contributed by atoms with Crippen molar-refractivity contribution < 1.29 is 13.2 Å². The molecule has 1 aromatic heterocycles. The van der Waals surface area contributed by atoms with Gasteiger partial charge >= 0.3 is 6.18 Å². The zero-order valence-electron chi connectivity index (χ0n) is 11.9. The second-order valence-corrected chi connectivity index (χ2v) is 6.06. The first kappa shape index (κ1) is 14.8. The van der Waals surface area contributed by atoms with Crippen LogP contribution in [-0.4, -0.2) is 52.3 Å². The van der Waals surface area contributed by atoms with Gasteiger partial charge in [-0.05, 0) is 32.4 Å². The van der Waals surface area contributed by atoms with Crippen molar-refractivity contribution in [2.75, 3.05) is 19.6 Å². The Hall–Kier alpha value is -1.08. The first-order valence-electron chi connectivity index (χ1n) is 7.55. The molecular weight excluding hydrogens is 281 g/mol. The van der Waals surface area contributed by atoms with Crippen molar-refractivity contribution in [3.05, 3.63) is 18.2 Å². The molecule has 0 amide bonds. The summed E-state index contributed by atoms with van der Waals surface area (Å²) >= 11 is 0. The van der Waals surface area contributed by atoms with E-state index < -0.39 is 12.7 Å². The predicted octanol–water partition coefficient (Wildman–Crippen LogP) is 1.81. The fourth-order valence-electron chi connectivity index (χ4n) is 3.35. The summed E-state index contributed by atoms with van der Waals surface area (Å²) in [5.74, 6) is 1.13. The molecule has 1 unspecified atom stereocenters. The molecule has 0 radical (unpaired) electrons. The third-order valence-electron chi connectivity index (χ3n) is 4.40. The van der Waals surface area contributed by atoms with Gasteiger partial charge in [-0.25, -0.2) is 4.98 Å². The summed E-state index contributed by atoms with van der Waals surface area (Å²) in [7, 11) is 0.